The number of nitrogens with zero attached hydrogens (tertiary/aromatic N) is 1. The number of esters is 1. The second-order valence-corrected chi connectivity index (χ2v) is 10.1. The Bertz CT molecular complexity index is 1110. The van der Waals surface area contributed by atoms with Crippen LogP contribution in [0, 0.1) is 0 Å². The van der Waals surface area contributed by atoms with Gasteiger partial charge in [-0.2, -0.15) is 0 Å². The summed E-state index contributed by atoms with van der Waals surface area (Å²) >= 11 is 0. The molecule has 0 bridgehead atoms. The Hall–Kier alpha value is -3.42. The highest BCUT2D eigenvalue weighted by molar-refractivity contribution is 6.00. The van der Waals surface area contributed by atoms with E-state index in [2.05, 4.69) is 10.6 Å². The van der Waals surface area contributed by atoms with Crippen LogP contribution < -0.4 is 16.1 Å². The quantitative estimate of drug-likeness (QED) is 0.590. The fraction of sp³-hybridized carbons (Fsp3) is 0.481. The molecule has 8 nitrogen and oxygen atoms in total. The van der Waals surface area contributed by atoms with Gasteiger partial charge in [0.2, 0.25) is 5.43 Å². The highest BCUT2D eigenvalue weighted by Gasteiger charge is 2.28. The molecule has 1 fully saturated rings. The largest absolute Gasteiger partial charge is 0.467 e. The Morgan fingerprint density at radius 2 is 1.60 bits per heavy atom. The third kappa shape index (κ3) is 7.04. The van der Waals surface area contributed by atoms with Gasteiger partial charge in [-0.15, -0.1) is 0 Å². The van der Waals surface area contributed by atoms with Gasteiger partial charge < -0.3 is 19.9 Å². The van der Waals surface area contributed by atoms with Crippen molar-refractivity contribution in [3.8, 4) is 0 Å². The summed E-state index contributed by atoms with van der Waals surface area (Å²) in [7, 11) is 1.25. The van der Waals surface area contributed by atoms with Crippen LogP contribution in [0.4, 0.5) is 0 Å². The fourth-order valence-corrected chi connectivity index (χ4v) is 4.34. The normalized spacial score (nSPS) is 15.2. The summed E-state index contributed by atoms with van der Waals surface area (Å²) in [5.74, 6) is -1.86. The van der Waals surface area contributed by atoms with Gasteiger partial charge in [-0.05, 0) is 39.2 Å². The van der Waals surface area contributed by atoms with E-state index in [1.54, 1.807) is 6.20 Å². The van der Waals surface area contributed by atoms with E-state index in [1.165, 1.54) is 13.3 Å². The van der Waals surface area contributed by atoms with E-state index in [-0.39, 0.29) is 23.6 Å². The van der Waals surface area contributed by atoms with Crippen molar-refractivity contribution >= 4 is 17.8 Å². The number of carbonyl (C=O) groups excluding carboxylic acids is 3. The molecular weight excluding hydrogens is 446 g/mol. The van der Waals surface area contributed by atoms with Crippen LogP contribution in [0.1, 0.15) is 85.2 Å². The van der Waals surface area contributed by atoms with E-state index >= 15 is 0 Å². The highest BCUT2D eigenvalue weighted by atomic mass is 16.5. The van der Waals surface area contributed by atoms with Gasteiger partial charge in [-0.25, -0.2) is 4.79 Å². The first-order chi connectivity index (χ1) is 16.6. The number of nitrogens with one attached hydrogen (secondary N) is 2. The molecule has 1 heterocycles. The summed E-state index contributed by atoms with van der Waals surface area (Å²) in [5.41, 5.74) is -0.640. The number of aromatic nitrogens is 1. The van der Waals surface area contributed by atoms with Gasteiger partial charge in [0.25, 0.3) is 11.8 Å². The van der Waals surface area contributed by atoms with Crippen LogP contribution in [0.3, 0.4) is 0 Å². The van der Waals surface area contributed by atoms with Gasteiger partial charge in [0, 0.05) is 30.4 Å². The van der Waals surface area contributed by atoms with Crippen LogP contribution in [0.2, 0.25) is 0 Å². The highest BCUT2D eigenvalue weighted by Crippen LogP contribution is 2.28. The predicted octanol–water partition coefficient (Wildman–Crippen LogP) is 3.40. The molecule has 0 unspecified atom stereocenters. The molecule has 1 aliphatic carbocycles. The second kappa shape index (κ2) is 11.3. The van der Waals surface area contributed by atoms with Crippen molar-refractivity contribution in [1.29, 1.82) is 0 Å². The minimum Gasteiger partial charge on any atom is -0.467 e. The van der Waals surface area contributed by atoms with Gasteiger partial charge in [-0.3, -0.25) is 14.4 Å². The average Bonchev–Trinajstić information content (AvgIpc) is 2.83. The number of hydrogen-bond donors (Lipinski definition) is 2. The van der Waals surface area contributed by atoms with E-state index in [1.807, 2.05) is 55.7 Å². The van der Waals surface area contributed by atoms with Crippen LogP contribution in [0.5, 0.6) is 0 Å². The van der Waals surface area contributed by atoms with Gasteiger partial charge in [0.1, 0.15) is 17.2 Å². The Morgan fingerprint density at radius 1 is 1.00 bits per heavy atom. The molecule has 1 aromatic heterocycles. The van der Waals surface area contributed by atoms with E-state index in [0.29, 0.717) is 0 Å². The van der Waals surface area contributed by atoms with E-state index in [0.717, 1.165) is 37.7 Å². The smallest absolute Gasteiger partial charge is 0.328 e. The summed E-state index contributed by atoms with van der Waals surface area (Å²) in [6.07, 6.45) is 8.32. The van der Waals surface area contributed by atoms with Crippen LogP contribution in [0.15, 0.2) is 47.5 Å². The summed E-state index contributed by atoms with van der Waals surface area (Å²) in [4.78, 5) is 52.0. The third-order valence-electron chi connectivity index (χ3n) is 6.09. The minimum atomic E-state index is -0.982. The average molecular weight is 482 g/mol. The molecule has 0 spiro atoms. The monoisotopic (exact) mass is 481 g/mol. The lowest BCUT2D eigenvalue weighted by atomic mass is 9.95. The summed E-state index contributed by atoms with van der Waals surface area (Å²) in [6, 6.07) is 8.34. The van der Waals surface area contributed by atoms with Crippen LogP contribution in [-0.2, 0) is 16.0 Å². The Balaban J connectivity index is 1.97. The lowest BCUT2D eigenvalue weighted by Gasteiger charge is -2.26. The first kappa shape index (κ1) is 26.2. The number of amides is 2. The molecule has 2 amide bonds. The number of pyridine rings is 1. The van der Waals surface area contributed by atoms with Gasteiger partial charge in [0.05, 0.1) is 7.11 Å². The first-order valence-corrected chi connectivity index (χ1v) is 12.1. The predicted molar refractivity (Wildman–Crippen MR) is 133 cm³/mol. The van der Waals surface area contributed by atoms with Crippen molar-refractivity contribution in [3.63, 3.8) is 0 Å². The SMILES string of the molecule is COC(=O)[C@H](Cc1ccccc1)NC(=O)c1cn(C2CCCCC2)cc(C(=O)NC(C)(C)C)c1=O. The second-order valence-electron chi connectivity index (χ2n) is 10.1. The maximum absolute atomic E-state index is 13.3. The molecular formula is C27H35N3O5. The van der Waals surface area contributed by atoms with Gasteiger partial charge in [-0.1, -0.05) is 49.6 Å². The number of methoxy groups -OCH3 is 1. The molecule has 1 aromatic carbocycles. The Kier molecular flexibility index (Phi) is 8.48. The molecule has 1 saturated carbocycles. The maximum Gasteiger partial charge on any atom is 0.328 e. The molecule has 3 rings (SSSR count). The molecule has 2 N–H and O–H groups in total. The number of benzene rings is 1. The zero-order valence-corrected chi connectivity index (χ0v) is 20.9. The zero-order valence-electron chi connectivity index (χ0n) is 20.9. The molecule has 2 aromatic rings. The van der Waals surface area contributed by atoms with Crippen LogP contribution in [-0.4, -0.2) is 41.0 Å². The molecule has 1 atom stereocenters. The van der Waals surface area contributed by atoms with E-state index < -0.39 is 34.8 Å². The van der Waals surface area contributed by atoms with Crippen molar-refractivity contribution in [3.05, 3.63) is 69.6 Å². The van der Waals surface area contributed by atoms with Crippen molar-refractivity contribution in [2.24, 2.45) is 0 Å². The van der Waals surface area contributed by atoms with Crippen molar-refractivity contribution < 1.29 is 19.1 Å². The number of carbonyl (C=O) groups is 3. The lowest BCUT2D eigenvalue weighted by Crippen LogP contribution is -2.46. The van der Waals surface area contributed by atoms with Gasteiger partial charge in [0.15, 0.2) is 0 Å². The molecule has 0 saturated heterocycles. The van der Waals surface area contributed by atoms with Crippen LogP contribution >= 0.6 is 0 Å². The Labute approximate surface area is 206 Å². The summed E-state index contributed by atoms with van der Waals surface area (Å²) in [6.45, 7) is 5.48. The van der Waals surface area contributed by atoms with Crippen molar-refractivity contribution in [2.75, 3.05) is 7.11 Å². The standard InChI is InChI=1S/C27H35N3O5/c1-27(2,3)29-25(33)21-17-30(19-13-9-6-10-14-19)16-20(23(21)31)24(32)28-22(26(34)35-4)15-18-11-7-5-8-12-18/h5,7-8,11-12,16-17,19,22H,6,9-10,13-15H2,1-4H3,(H,28,32)(H,29,33)/t22-/m0/s1. The zero-order chi connectivity index (χ0) is 25.6. The topological polar surface area (TPSA) is 106 Å². The third-order valence-corrected chi connectivity index (χ3v) is 6.09. The number of hydrogen-bond acceptors (Lipinski definition) is 5. The molecule has 188 valence electrons. The van der Waals surface area contributed by atoms with E-state index in [9.17, 15) is 19.2 Å². The molecule has 0 radical (unpaired) electrons. The number of ether oxygens (including phenoxy) is 1. The maximum atomic E-state index is 13.3. The van der Waals surface area contributed by atoms with Crippen LogP contribution in [0.25, 0.3) is 0 Å². The minimum absolute atomic E-state index is 0.0872. The van der Waals surface area contributed by atoms with Gasteiger partial charge >= 0.3 is 5.97 Å². The molecule has 35 heavy (non-hydrogen) atoms. The molecule has 0 aliphatic heterocycles. The fourth-order valence-electron chi connectivity index (χ4n) is 4.34. The van der Waals surface area contributed by atoms with E-state index in [4.69, 9.17) is 4.74 Å². The molecule has 8 heteroatoms. The summed E-state index contributed by atoms with van der Waals surface area (Å²) in [5, 5.41) is 5.47. The summed E-state index contributed by atoms with van der Waals surface area (Å²) < 4.78 is 6.70. The molecule has 1 aliphatic rings. The first-order valence-electron chi connectivity index (χ1n) is 12.1. The van der Waals surface area contributed by atoms with Crippen molar-refractivity contribution in [1.82, 2.24) is 15.2 Å². The Morgan fingerprint density at radius 3 is 2.17 bits per heavy atom. The number of rotatable bonds is 7. The lowest BCUT2D eigenvalue weighted by molar-refractivity contribution is -0.142. The van der Waals surface area contributed by atoms with Crippen molar-refractivity contribution in [2.45, 2.75) is 76.9 Å².